The summed E-state index contributed by atoms with van der Waals surface area (Å²) in [6.07, 6.45) is 0. The molecule has 0 aliphatic heterocycles. The number of rotatable bonds is 3. The van der Waals surface area contributed by atoms with Crippen LogP contribution in [0.4, 0.5) is 0 Å². The Morgan fingerprint density at radius 2 is 1.32 bits per heavy atom. The minimum Gasteiger partial charge on any atom is -0.460 e. The van der Waals surface area contributed by atoms with E-state index in [1.807, 2.05) is 13.0 Å². The molecule has 3 aromatic rings. The molecule has 0 radical (unpaired) electrons. The largest absolute Gasteiger partial charge is 0.460 e. The Labute approximate surface area is 168 Å². The standard InChI is InChI=1S/C26H32O2/c1-24(2,3)26(7,25(4,5)6)23(27)28-17-20-13-10-12-19-16-15-18-11-8-9-14-21(18)22(19)20/h8-16H,17H2,1-7H3. The summed E-state index contributed by atoms with van der Waals surface area (Å²) in [6, 6.07) is 18.9. The minimum atomic E-state index is -0.605. The van der Waals surface area contributed by atoms with Crippen LogP contribution in [0.3, 0.4) is 0 Å². The third-order valence-corrected chi connectivity index (χ3v) is 6.62. The molecular weight excluding hydrogens is 344 g/mol. The first-order valence-electron chi connectivity index (χ1n) is 10.0. The lowest BCUT2D eigenvalue weighted by Crippen LogP contribution is -2.50. The number of hydrogen-bond donors (Lipinski definition) is 0. The van der Waals surface area contributed by atoms with Crippen molar-refractivity contribution in [3.63, 3.8) is 0 Å². The Morgan fingerprint density at radius 1 is 0.750 bits per heavy atom. The zero-order chi connectivity index (χ0) is 20.7. The van der Waals surface area contributed by atoms with E-state index >= 15 is 0 Å². The lowest BCUT2D eigenvalue weighted by Gasteiger charge is -2.48. The molecule has 0 N–H and O–H groups in total. The summed E-state index contributed by atoms with van der Waals surface area (Å²) < 4.78 is 5.96. The van der Waals surface area contributed by atoms with E-state index in [1.165, 1.54) is 21.5 Å². The molecule has 0 spiro atoms. The molecule has 28 heavy (non-hydrogen) atoms. The topological polar surface area (TPSA) is 26.3 Å². The van der Waals surface area contributed by atoms with Gasteiger partial charge in [0.25, 0.3) is 0 Å². The highest BCUT2D eigenvalue weighted by atomic mass is 16.5. The van der Waals surface area contributed by atoms with Gasteiger partial charge in [0.2, 0.25) is 0 Å². The zero-order valence-corrected chi connectivity index (χ0v) is 18.2. The molecule has 3 aromatic carbocycles. The van der Waals surface area contributed by atoms with E-state index in [1.54, 1.807) is 0 Å². The zero-order valence-electron chi connectivity index (χ0n) is 18.2. The molecule has 0 aliphatic rings. The fourth-order valence-electron chi connectivity index (χ4n) is 4.28. The number of benzene rings is 3. The van der Waals surface area contributed by atoms with Crippen molar-refractivity contribution in [1.29, 1.82) is 0 Å². The van der Waals surface area contributed by atoms with Crippen LogP contribution in [0.5, 0.6) is 0 Å². The predicted octanol–water partition coefficient (Wildman–Crippen LogP) is 7.13. The molecule has 0 aliphatic carbocycles. The van der Waals surface area contributed by atoms with Crippen LogP contribution in [0.2, 0.25) is 0 Å². The first kappa shape index (κ1) is 20.4. The number of esters is 1. The highest BCUT2D eigenvalue weighted by molar-refractivity contribution is 6.09. The fraction of sp³-hybridized carbons (Fsp3) is 0.423. The monoisotopic (exact) mass is 376 g/mol. The molecule has 148 valence electrons. The van der Waals surface area contributed by atoms with E-state index in [2.05, 4.69) is 90.1 Å². The van der Waals surface area contributed by atoms with Crippen molar-refractivity contribution in [2.24, 2.45) is 16.2 Å². The Morgan fingerprint density at radius 3 is 1.96 bits per heavy atom. The first-order valence-corrected chi connectivity index (χ1v) is 10.0. The van der Waals surface area contributed by atoms with Crippen molar-refractivity contribution < 1.29 is 9.53 Å². The van der Waals surface area contributed by atoms with E-state index in [0.29, 0.717) is 0 Å². The molecule has 2 nitrogen and oxygen atoms in total. The van der Waals surface area contributed by atoms with Crippen LogP contribution in [0.1, 0.15) is 54.0 Å². The van der Waals surface area contributed by atoms with Crippen LogP contribution in [0.15, 0.2) is 54.6 Å². The summed E-state index contributed by atoms with van der Waals surface area (Å²) in [4.78, 5) is 13.3. The van der Waals surface area contributed by atoms with Gasteiger partial charge >= 0.3 is 5.97 Å². The van der Waals surface area contributed by atoms with Gasteiger partial charge in [-0.2, -0.15) is 0 Å². The number of carbonyl (C=O) groups excluding carboxylic acids is 1. The molecule has 0 saturated heterocycles. The predicted molar refractivity (Wildman–Crippen MR) is 118 cm³/mol. The van der Waals surface area contributed by atoms with E-state index in [-0.39, 0.29) is 23.4 Å². The summed E-state index contributed by atoms with van der Waals surface area (Å²) in [5.41, 5.74) is 0.0154. The molecule has 0 saturated carbocycles. The highest BCUT2D eigenvalue weighted by Gasteiger charge is 2.53. The van der Waals surface area contributed by atoms with E-state index in [9.17, 15) is 4.79 Å². The lowest BCUT2D eigenvalue weighted by molar-refractivity contribution is -0.174. The van der Waals surface area contributed by atoms with Gasteiger partial charge in [-0.15, -0.1) is 0 Å². The van der Waals surface area contributed by atoms with Gasteiger partial charge in [-0.25, -0.2) is 0 Å². The number of fused-ring (bicyclic) bond motifs is 3. The molecule has 0 unspecified atom stereocenters. The Kier molecular flexibility index (Phi) is 5.04. The third kappa shape index (κ3) is 3.30. The van der Waals surface area contributed by atoms with Gasteiger partial charge in [-0.1, -0.05) is 96.1 Å². The average Bonchev–Trinajstić information content (AvgIpc) is 2.63. The summed E-state index contributed by atoms with van der Waals surface area (Å²) in [5, 5.41) is 4.73. The van der Waals surface area contributed by atoms with Gasteiger partial charge < -0.3 is 4.74 Å². The lowest BCUT2D eigenvalue weighted by atomic mass is 9.55. The summed E-state index contributed by atoms with van der Waals surface area (Å²) >= 11 is 0. The normalized spacial score (nSPS) is 13.1. The summed E-state index contributed by atoms with van der Waals surface area (Å²) in [6.45, 7) is 15.0. The SMILES string of the molecule is CC(C)(C)C(C)(C(=O)OCc1cccc2ccc3ccccc3c12)C(C)(C)C. The Balaban J connectivity index is 2.00. The van der Waals surface area contributed by atoms with Gasteiger partial charge in [-0.3, -0.25) is 4.79 Å². The minimum absolute atomic E-state index is 0.135. The van der Waals surface area contributed by atoms with Gasteiger partial charge in [-0.05, 0) is 44.9 Å². The van der Waals surface area contributed by atoms with Crippen molar-refractivity contribution in [1.82, 2.24) is 0 Å². The van der Waals surface area contributed by atoms with Crippen LogP contribution in [0.25, 0.3) is 21.5 Å². The number of hydrogen-bond acceptors (Lipinski definition) is 2. The quantitative estimate of drug-likeness (QED) is 0.359. The second kappa shape index (κ2) is 6.92. The smallest absolute Gasteiger partial charge is 0.313 e. The number of carbonyl (C=O) groups is 1. The third-order valence-electron chi connectivity index (χ3n) is 6.62. The van der Waals surface area contributed by atoms with E-state index in [4.69, 9.17) is 4.74 Å². The summed E-state index contributed by atoms with van der Waals surface area (Å²) in [7, 11) is 0. The van der Waals surface area contributed by atoms with Gasteiger partial charge in [0.15, 0.2) is 0 Å². The van der Waals surface area contributed by atoms with Crippen molar-refractivity contribution in [2.45, 2.75) is 55.1 Å². The first-order chi connectivity index (χ1) is 13.0. The molecule has 0 atom stereocenters. The van der Waals surface area contributed by atoms with Gasteiger partial charge in [0.05, 0.1) is 5.41 Å². The van der Waals surface area contributed by atoms with Gasteiger partial charge in [0, 0.05) is 0 Å². The molecule has 0 heterocycles. The van der Waals surface area contributed by atoms with Crippen molar-refractivity contribution in [3.05, 3.63) is 60.2 Å². The molecular formula is C26H32O2. The molecule has 2 heteroatoms. The van der Waals surface area contributed by atoms with Crippen molar-refractivity contribution in [2.75, 3.05) is 0 Å². The van der Waals surface area contributed by atoms with Crippen molar-refractivity contribution in [3.8, 4) is 0 Å². The second-order valence-electron chi connectivity index (χ2n) is 10.0. The maximum Gasteiger partial charge on any atom is 0.313 e. The maximum absolute atomic E-state index is 13.3. The summed E-state index contributed by atoms with van der Waals surface area (Å²) in [5.74, 6) is -0.135. The fourth-order valence-corrected chi connectivity index (χ4v) is 4.28. The van der Waals surface area contributed by atoms with Gasteiger partial charge in [0.1, 0.15) is 6.61 Å². The van der Waals surface area contributed by atoms with E-state index < -0.39 is 5.41 Å². The maximum atomic E-state index is 13.3. The Bertz CT molecular complexity index is 1000. The van der Waals surface area contributed by atoms with Crippen LogP contribution in [0, 0.1) is 16.2 Å². The average molecular weight is 377 g/mol. The van der Waals surface area contributed by atoms with Crippen LogP contribution in [-0.2, 0) is 16.1 Å². The number of ether oxygens (including phenoxy) is 1. The molecule has 3 rings (SSSR count). The molecule has 0 amide bonds. The molecule has 0 aromatic heterocycles. The van der Waals surface area contributed by atoms with Crippen LogP contribution >= 0.6 is 0 Å². The Hall–Kier alpha value is -2.35. The van der Waals surface area contributed by atoms with Crippen molar-refractivity contribution >= 4 is 27.5 Å². The van der Waals surface area contributed by atoms with E-state index in [0.717, 1.165) is 5.56 Å². The van der Waals surface area contributed by atoms with Crippen LogP contribution < -0.4 is 0 Å². The molecule has 0 fully saturated rings. The highest BCUT2D eigenvalue weighted by Crippen LogP contribution is 2.52. The molecule has 0 bridgehead atoms. The van der Waals surface area contributed by atoms with Crippen LogP contribution in [-0.4, -0.2) is 5.97 Å². The second-order valence-corrected chi connectivity index (χ2v) is 10.0.